The number of rotatable bonds is 3. The summed E-state index contributed by atoms with van der Waals surface area (Å²) in [4.78, 5) is 28.4. The lowest BCUT2D eigenvalue weighted by Crippen LogP contribution is -2.49. The first-order valence-electron chi connectivity index (χ1n) is 9.11. The maximum atomic E-state index is 11.8. The van der Waals surface area contributed by atoms with Crippen LogP contribution < -0.4 is 4.90 Å². The van der Waals surface area contributed by atoms with E-state index in [1.54, 1.807) is 0 Å². The van der Waals surface area contributed by atoms with Crippen LogP contribution in [0.15, 0.2) is 0 Å². The highest BCUT2D eigenvalue weighted by molar-refractivity contribution is 7.19. The molecule has 0 radical (unpaired) electrons. The van der Waals surface area contributed by atoms with Gasteiger partial charge < -0.3 is 9.80 Å². The normalized spacial score (nSPS) is 17.8. The third-order valence-electron chi connectivity index (χ3n) is 5.20. The Morgan fingerprint density at radius 1 is 1.16 bits per heavy atom. The highest BCUT2D eigenvalue weighted by Gasteiger charge is 2.26. The van der Waals surface area contributed by atoms with Gasteiger partial charge in [0.15, 0.2) is 0 Å². The molecule has 1 amide bonds. The first kappa shape index (κ1) is 17.0. The minimum Gasteiger partial charge on any atom is -0.352 e. The summed E-state index contributed by atoms with van der Waals surface area (Å²) in [6, 6.07) is 0. The predicted molar refractivity (Wildman–Crippen MR) is 103 cm³/mol. The number of aromatic nitrogens is 2. The molecule has 3 heterocycles. The first-order valence-corrected chi connectivity index (χ1v) is 10.5. The van der Waals surface area contributed by atoms with Gasteiger partial charge in [-0.2, -0.15) is 0 Å². The molecule has 1 saturated heterocycles. The number of alkyl halides is 1. The number of hydrogen-bond donors (Lipinski definition) is 0. The van der Waals surface area contributed by atoms with Gasteiger partial charge in [-0.3, -0.25) is 4.79 Å². The molecule has 0 unspecified atom stereocenters. The van der Waals surface area contributed by atoms with Crippen LogP contribution in [0, 0.1) is 0 Å². The van der Waals surface area contributed by atoms with Gasteiger partial charge in [0, 0.05) is 37.5 Å². The highest BCUT2D eigenvalue weighted by atomic mass is 35.5. The summed E-state index contributed by atoms with van der Waals surface area (Å²) in [5.41, 5.74) is 1.48. The van der Waals surface area contributed by atoms with Gasteiger partial charge in [-0.1, -0.05) is 6.92 Å². The van der Waals surface area contributed by atoms with E-state index in [1.165, 1.54) is 35.1 Å². The third-order valence-corrected chi connectivity index (χ3v) is 6.62. The van der Waals surface area contributed by atoms with Crippen LogP contribution in [0.1, 0.15) is 36.0 Å². The fourth-order valence-electron chi connectivity index (χ4n) is 3.82. The molecule has 4 rings (SSSR count). The zero-order chi connectivity index (χ0) is 17.4. The van der Waals surface area contributed by atoms with E-state index < -0.39 is 0 Å². The van der Waals surface area contributed by atoms with E-state index in [0.717, 1.165) is 42.4 Å². The second kappa shape index (κ2) is 7.08. The molecular formula is C18H23ClN4OS. The Hall–Kier alpha value is -1.40. The Morgan fingerprint density at radius 3 is 2.64 bits per heavy atom. The Bertz CT molecular complexity index is 798. The van der Waals surface area contributed by atoms with Crippen molar-refractivity contribution >= 4 is 44.9 Å². The van der Waals surface area contributed by atoms with Crippen molar-refractivity contribution in [3.05, 3.63) is 16.3 Å². The zero-order valence-corrected chi connectivity index (χ0v) is 16.1. The van der Waals surface area contributed by atoms with Crippen molar-refractivity contribution in [1.29, 1.82) is 0 Å². The molecule has 0 spiro atoms. The summed E-state index contributed by atoms with van der Waals surface area (Å²) in [6.45, 7) is 5.15. The molecule has 1 aliphatic carbocycles. The molecular weight excluding hydrogens is 356 g/mol. The molecule has 0 aromatic carbocycles. The van der Waals surface area contributed by atoms with E-state index in [-0.39, 0.29) is 11.8 Å². The smallest absolute Gasteiger partial charge is 0.237 e. The summed E-state index contributed by atoms with van der Waals surface area (Å²) in [6.07, 6.45) is 5.70. The number of carbonyl (C=O) groups excluding carboxylic acids is 1. The molecule has 134 valence electrons. The number of thiophene rings is 1. The maximum Gasteiger partial charge on any atom is 0.237 e. The summed E-state index contributed by atoms with van der Waals surface area (Å²) in [5.74, 6) is 2.09. The first-order chi connectivity index (χ1) is 12.2. The van der Waals surface area contributed by atoms with Crippen molar-refractivity contribution in [2.45, 2.75) is 39.0 Å². The summed E-state index contributed by atoms with van der Waals surface area (Å²) >= 11 is 7.55. The third kappa shape index (κ3) is 3.10. The number of fused-ring (bicyclic) bond motifs is 3. The average Bonchev–Trinajstić information content (AvgIpc) is 3.05. The average molecular weight is 379 g/mol. The van der Waals surface area contributed by atoms with Gasteiger partial charge >= 0.3 is 0 Å². The van der Waals surface area contributed by atoms with Crippen molar-refractivity contribution < 1.29 is 4.79 Å². The predicted octanol–water partition coefficient (Wildman–Crippen LogP) is 3.02. The van der Waals surface area contributed by atoms with E-state index >= 15 is 0 Å². The number of hydrogen-bond acceptors (Lipinski definition) is 5. The quantitative estimate of drug-likeness (QED) is 0.770. The van der Waals surface area contributed by atoms with Crippen LogP contribution >= 0.6 is 22.9 Å². The second-order valence-electron chi connectivity index (χ2n) is 6.71. The lowest BCUT2D eigenvalue weighted by molar-refractivity contribution is -0.128. The van der Waals surface area contributed by atoms with Crippen LogP contribution in [0.25, 0.3) is 10.2 Å². The Morgan fingerprint density at radius 2 is 1.92 bits per heavy atom. The van der Waals surface area contributed by atoms with Crippen molar-refractivity contribution in [2.75, 3.05) is 37.0 Å². The second-order valence-corrected chi connectivity index (χ2v) is 8.06. The molecule has 5 nitrogen and oxygen atoms in total. The maximum absolute atomic E-state index is 11.8. The number of anilines is 1. The van der Waals surface area contributed by atoms with E-state index in [1.807, 2.05) is 16.2 Å². The molecule has 7 heteroatoms. The van der Waals surface area contributed by atoms with Gasteiger partial charge in [0.1, 0.15) is 22.4 Å². The van der Waals surface area contributed by atoms with Gasteiger partial charge in [-0.25, -0.2) is 9.97 Å². The molecule has 2 aromatic heterocycles. The Kier molecular flexibility index (Phi) is 4.82. The van der Waals surface area contributed by atoms with Gasteiger partial charge in [0.2, 0.25) is 5.91 Å². The molecule has 25 heavy (non-hydrogen) atoms. The summed E-state index contributed by atoms with van der Waals surface area (Å²) in [5, 5.41) is 1.27. The van der Waals surface area contributed by atoms with Crippen molar-refractivity contribution in [2.24, 2.45) is 0 Å². The number of nitrogens with zero attached hydrogens (tertiary/aromatic N) is 4. The molecule has 0 bridgehead atoms. The largest absolute Gasteiger partial charge is 0.352 e. The lowest BCUT2D eigenvalue weighted by Gasteiger charge is -2.35. The molecule has 1 aliphatic heterocycles. The van der Waals surface area contributed by atoms with Gasteiger partial charge in [0.05, 0.1) is 5.39 Å². The number of halogens is 1. The van der Waals surface area contributed by atoms with E-state index in [4.69, 9.17) is 21.6 Å². The SMILES string of the molecule is CCc1nc(N2CCN(C(=O)CCl)CC2)c2c3c(sc2n1)CCCC3. The van der Waals surface area contributed by atoms with Gasteiger partial charge in [-0.05, 0) is 31.2 Å². The van der Waals surface area contributed by atoms with Crippen LogP contribution in [0.4, 0.5) is 5.82 Å². The van der Waals surface area contributed by atoms with Crippen molar-refractivity contribution in [3.63, 3.8) is 0 Å². The van der Waals surface area contributed by atoms with E-state index in [9.17, 15) is 4.79 Å². The van der Waals surface area contributed by atoms with E-state index in [2.05, 4.69) is 11.8 Å². The molecule has 0 atom stereocenters. The van der Waals surface area contributed by atoms with Crippen LogP contribution in [0.5, 0.6) is 0 Å². The number of piperazine rings is 1. The number of amides is 1. The fourth-order valence-corrected chi connectivity index (χ4v) is 5.26. The lowest BCUT2D eigenvalue weighted by atomic mass is 9.97. The van der Waals surface area contributed by atoms with Crippen LogP contribution in [-0.4, -0.2) is 52.8 Å². The molecule has 0 N–H and O–H groups in total. The Labute approximate surface area is 157 Å². The molecule has 2 aromatic rings. The fraction of sp³-hybridized carbons (Fsp3) is 0.611. The minimum absolute atomic E-state index is 0.0244. The highest BCUT2D eigenvalue weighted by Crippen LogP contribution is 2.40. The van der Waals surface area contributed by atoms with Crippen LogP contribution in [-0.2, 0) is 24.1 Å². The number of aryl methyl sites for hydroxylation is 3. The van der Waals surface area contributed by atoms with Crippen molar-refractivity contribution in [1.82, 2.24) is 14.9 Å². The van der Waals surface area contributed by atoms with Gasteiger partial charge in [0.25, 0.3) is 0 Å². The molecule has 0 saturated carbocycles. The van der Waals surface area contributed by atoms with E-state index in [0.29, 0.717) is 13.1 Å². The molecule has 2 aliphatic rings. The standard InChI is InChI=1S/C18H23ClN4OS/c1-2-14-20-17(23-9-7-22(8-10-23)15(24)11-19)16-12-5-3-4-6-13(12)25-18(16)21-14/h2-11H2,1H3. The topological polar surface area (TPSA) is 49.3 Å². The summed E-state index contributed by atoms with van der Waals surface area (Å²) < 4.78 is 0. The zero-order valence-electron chi connectivity index (χ0n) is 14.6. The van der Waals surface area contributed by atoms with Gasteiger partial charge in [-0.15, -0.1) is 22.9 Å². The minimum atomic E-state index is 0.0244. The van der Waals surface area contributed by atoms with Crippen LogP contribution in [0.2, 0.25) is 0 Å². The Balaban J connectivity index is 1.71. The van der Waals surface area contributed by atoms with Crippen LogP contribution in [0.3, 0.4) is 0 Å². The van der Waals surface area contributed by atoms with Crippen molar-refractivity contribution in [3.8, 4) is 0 Å². The molecule has 1 fully saturated rings. The summed E-state index contributed by atoms with van der Waals surface area (Å²) in [7, 11) is 0. The number of carbonyl (C=O) groups is 1. The monoisotopic (exact) mass is 378 g/mol.